The van der Waals surface area contributed by atoms with E-state index < -0.39 is 0 Å². The molecule has 2 rings (SSSR count). The molecule has 0 bridgehead atoms. The van der Waals surface area contributed by atoms with E-state index in [0.29, 0.717) is 11.6 Å². The summed E-state index contributed by atoms with van der Waals surface area (Å²) in [5.74, 6) is 2.01. The van der Waals surface area contributed by atoms with E-state index in [4.69, 9.17) is 9.47 Å². The number of ether oxygens (including phenoxy) is 2. The summed E-state index contributed by atoms with van der Waals surface area (Å²) in [6, 6.07) is 11.1. The zero-order chi connectivity index (χ0) is 11.4. The Hall–Kier alpha value is -1.55. The van der Waals surface area contributed by atoms with Crippen LogP contribution in [0.15, 0.2) is 47.1 Å². The molecule has 82 valence electrons. The Kier molecular flexibility index (Phi) is 3.41. The largest absolute Gasteiger partial charge is 0.481 e. The number of pyridine rings is 1. The van der Waals surface area contributed by atoms with Gasteiger partial charge in [0.1, 0.15) is 11.5 Å². The van der Waals surface area contributed by atoms with Crippen LogP contribution in [0.25, 0.3) is 0 Å². The van der Waals surface area contributed by atoms with Crippen LogP contribution in [0, 0.1) is 0 Å². The number of hydrogen-bond acceptors (Lipinski definition) is 3. The molecular weight excluding hydrogens is 270 g/mol. The van der Waals surface area contributed by atoms with Gasteiger partial charge in [-0.05, 0) is 30.3 Å². The summed E-state index contributed by atoms with van der Waals surface area (Å²) in [7, 11) is 1.58. The molecule has 0 unspecified atom stereocenters. The van der Waals surface area contributed by atoms with Crippen molar-refractivity contribution in [2.24, 2.45) is 0 Å². The van der Waals surface area contributed by atoms with E-state index in [9.17, 15) is 0 Å². The molecule has 0 aliphatic carbocycles. The lowest BCUT2D eigenvalue weighted by Gasteiger charge is -2.06. The molecule has 0 N–H and O–H groups in total. The van der Waals surface area contributed by atoms with Crippen molar-refractivity contribution in [2.45, 2.75) is 0 Å². The third-order valence-electron chi connectivity index (χ3n) is 1.96. The minimum absolute atomic E-state index is 0.537. The van der Waals surface area contributed by atoms with E-state index >= 15 is 0 Å². The third-order valence-corrected chi connectivity index (χ3v) is 2.49. The first kappa shape index (κ1) is 11.0. The third kappa shape index (κ3) is 2.73. The van der Waals surface area contributed by atoms with Crippen molar-refractivity contribution in [3.05, 3.63) is 47.1 Å². The number of halogens is 1. The molecule has 16 heavy (non-hydrogen) atoms. The quantitative estimate of drug-likeness (QED) is 0.860. The molecule has 0 atom stereocenters. The fourth-order valence-corrected chi connectivity index (χ4v) is 1.47. The molecule has 0 spiro atoms. The number of methoxy groups -OCH3 is 1. The summed E-state index contributed by atoms with van der Waals surface area (Å²) >= 11 is 3.37. The first-order valence-corrected chi connectivity index (χ1v) is 5.51. The number of benzene rings is 1. The summed E-state index contributed by atoms with van der Waals surface area (Å²) in [4.78, 5) is 4.00. The minimum atomic E-state index is 0.537. The van der Waals surface area contributed by atoms with Crippen LogP contribution in [0.1, 0.15) is 0 Å². The standard InChI is InChI=1S/C12H10BrNO2/c1-15-12-8-11(6-7-14-12)16-10-4-2-9(13)3-5-10/h2-8H,1H3. The Morgan fingerprint density at radius 2 is 1.81 bits per heavy atom. The molecule has 1 aromatic heterocycles. The van der Waals surface area contributed by atoms with Crippen LogP contribution in [0.4, 0.5) is 0 Å². The molecule has 0 saturated carbocycles. The Balaban J connectivity index is 2.16. The van der Waals surface area contributed by atoms with E-state index in [1.807, 2.05) is 24.3 Å². The van der Waals surface area contributed by atoms with E-state index in [2.05, 4.69) is 20.9 Å². The van der Waals surface area contributed by atoms with Crippen LogP contribution in [-0.4, -0.2) is 12.1 Å². The lowest BCUT2D eigenvalue weighted by atomic mass is 10.3. The predicted molar refractivity (Wildman–Crippen MR) is 65.0 cm³/mol. The van der Waals surface area contributed by atoms with Gasteiger partial charge in [-0.3, -0.25) is 0 Å². The van der Waals surface area contributed by atoms with Crippen molar-refractivity contribution in [3.63, 3.8) is 0 Å². The second-order valence-electron chi connectivity index (χ2n) is 3.09. The summed E-state index contributed by atoms with van der Waals surface area (Å²) in [6.45, 7) is 0. The van der Waals surface area contributed by atoms with Crippen molar-refractivity contribution in [1.29, 1.82) is 0 Å². The molecule has 0 saturated heterocycles. The van der Waals surface area contributed by atoms with Crippen LogP contribution in [-0.2, 0) is 0 Å². The molecule has 0 radical (unpaired) electrons. The van der Waals surface area contributed by atoms with Gasteiger partial charge in [-0.1, -0.05) is 15.9 Å². The van der Waals surface area contributed by atoms with E-state index in [1.165, 1.54) is 0 Å². The Labute approximate surface area is 102 Å². The first-order chi connectivity index (χ1) is 7.78. The van der Waals surface area contributed by atoms with E-state index in [-0.39, 0.29) is 0 Å². The SMILES string of the molecule is COc1cc(Oc2ccc(Br)cc2)ccn1. The first-order valence-electron chi connectivity index (χ1n) is 4.71. The van der Waals surface area contributed by atoms with Crippen LogP contribution in [0.5, 0.6) is 17.4 Å². The van der Waals surface area contributed by atoms with Gasteiger partial charge in [0.2, 0.25) is 5.88 Å². The Bertz CT molecular complexity index is 471. The highest BCUT2D eigenvalue weighted by molar-refractivity contribution is 9.10. The van der Waals surface area contributed by atoms with Crippen molar-refractivity contribution < 1.29 is 9.47 Å². The van der Waals surface area contributed by atoms with Crippen molar-refractivity contribution in [2.75, 3.05) is 7.11 Å². The van der Waals surface area contributed by atoms with Gasteiger partial charge in [-0.15, -0.1) is 0 Å². The van der Waals surface area contributed by atoms with Crippen molar-refractivity contribution in [1.82, 2.24) is 4.98 Å². The molecule has 2 aromatic rings. The highest BCUT2D eigenvalue weighted by Gasteiger charge is 1.99. The van der Waals surface area contributed by atoms with Gasteiger partial charge in [0.15, 0.2) is 0 Å². The topological polar surface area (TPSA) is 31.4 Å². The summed E-state index contributed by atoms with van der Waals surface area (Å²) in [5.41, 5.74) is 0. The van der Waals surface area contributed by atoms with Gasteiger partial charge in [0, 0.05) is 16.7 Å². The van der Waals surface area contributed by atoms with Gasteiger partial charge >= 0.3 is 0 Å². The Morgan fingerprint density at radius 3 is 2.50 bits per heavy atom. The maximum absolute atomic E-state index is 5.64. The molecule has 0 amide bonds. The van der Waals surface area contributed by atoms with Gasteiger partial charge < -0.3 is 9.47 Å². The molecule has 3 nitrogen and oxygen atoms in total. The molecular formula is C12H10BrNO2. The number of aromatic nitrogens is 1. The second-order valence-corrected chi connectivity index (χ2v) is 4.01. The Morgan fingerprint density at radius 1 is 1.06 bits per heavy atom. The van der Waals surface area contributed by atoms with E-state index in [1.54, 1.807) is 25.4 Å². The molecule has 0 aliphatic rings. The van der Waals surface area contributed by atoms with E-state index in [0.717, 1.165) is 10.2 Å². The maximum Gasteiger partial charge on any atom is 0.216 e. The number of nitrogens with zero attached hydrogens (tertiary/aromatic N) is 1. The average Bonchev–Trinajstić information content (AvgIpc) is 2.32. The summed E-state index contributed by atoms with van der Waals surface area (Å²) < 4.78 is 11.7. The van der Waals surface area contributed by atoms with Gasteiger partial charge in [-0.25, -0.2) is 4.98 Å². The van der Waals surface area contributed by atoms with Crippen molar-refractivity contribution >= 4 is 15.9 Å². The predicted octanol–water partition coefficient (Wildman–Crippen LogP) is 3.65. The van der Waals surface area contributed by atoms with Crippen LogP contribution in [0.2, 0.25) is 0 Å². The molecule has 1 aromatic carbocycles. The molecule has 0 fully saturated rings. The monoisotopic (exact) mass is 279 g/mol. The lowest BCUT2D eigenvalue weighted by molar-refractivity contribution is 0.392. The fraction of sp³-hybridized carbons (Fsp3) is 0.0833. The maximum atomic E-state index is 5.64. The van der Waals surface area contributed by atoms with Gasteiger partial charge in [0.25, 0.3) is 0 Å². The average molecular weight is 280 g/mol. The number of hydrogen-bond donors (Lipinski definition) is 0. The van der Waals surface area contributed by atoms with Gasteiger partial charge in [-0.2, -0.15) is 0 Å². The minimum Gasteiger partial charge on any atom is -0.481 e. The summed E-state index contributed by atoms with van der Waals surface area (Å²) in [5, 5.41) is 0. The van der Waals surface area contributed by atoms with Crippen molar-refractivity contribution in [3.8, 4) is 17.4 Å². The zero-order valence-electron chi connectivity index (χ0n) is 8.68. The molecule has 4 heteroatoms. The highest BCUT2D eigenvalue weighted by atomic mass is 79.9. The van der Waals surface area contributed by atoms with Crippen LogP contribution >= 0.6 is 15.9 Å². The molecule has 1 heterocycles. The second kappa shape index (κ2) is 4.99. The normalized spacial score (nSPS) is 9.88. The summed E-state index contributed by atoms with van der Waals surface area (Å²) in [6.07, 6.45) is 1.65. The molecule has 0 aliphatic heterocycles. The number of rotatable bonds is 3. The smallest absolute Gasteiger partial charge is 0.216 e. The zero-order valence-corrected chi connectivity index (χ0v) is 10.3. The van der Waals surface area contributed by atoms with Crippen LogP contribution in [0.3, 0.4) is 0 Å². The highest BCUT2D eigenvalue weighted by Crippen LogP contribution is 2.24. The fourth-order valence-electron chi connectivity index (χ4n) is 1.21. The van der Waals surface area contributed by atoms with Gasteiger partial charge in [0.05, 0.1) is 7.11 Å². The lowest BCUT2D eigenvalue weighted by Crippen LogP contribution is -1.89. The van der Waals surface area contributed by atoms with Crippen LogP contribution < -0.4 is 9.47 Å².